The average molecular weight is 1020 g/mol. The number of anilines is 1. The van der Waals surface area contributed by atoms with Crippen molar-refractivity contribution in [2.45, 2.75) is 55.2 Å². The highest BCUT2D eigenvalue weighted by Gasteiger charge is 2.47. The fraction of sp³-hybridized carbons (Fsp3) is 0.344. The Hall–Kier alpha value is -2.03. The second-order valence-corrected chi connectivity index (χ2v) is 21.6. The van der Waals surface area contributed by atoms with E-state index in [1.807, 2.05) is 79.8 Å². The smallest absolute Gasteiger partial charge is 0.294 e. The molecule has 2 heterocycles. The van der Waals surface area contributed by atoms with Crippen LogP contribution >= 0.6 is 45.2 Å². The average Bonchev–Trinajstić information content (AvgIpc) is 3.32. The van der Waals surface area contributed by atoms with Gasteiger partial charge in [-0.25, -0.2) is 0 Å². The minimum Gasteiger partial charge on any atom is -0.342 e. The molecule has 52 heavy (non-hydrogen) atoms. The Morgan fingerprint density at radius 3 is 1.85 bits per heavy atom. The predicted molar refractivity (Wildman–Crippen MR) is 214 cm³/mol. The summed E-state index contributed by atoms with van der Waals surface area (Å²) in [6, 6.07) is 5.25. The number of benzene rings is 2. The zero-order chi connectivity index (χ0) is 39.4. The Morgan fingerprint density at radius 1 is 0.769 bits per heavy atom. The van der Waals surface area contributed by atoms with Crippen molar-refractivity contribution in [3.63, 3.8) is 0 Å². The maximum absolute atomic E-state index is 12.0. The molecule has 0 atom stereocenters. The van der Waals surface area contributed by atoms with Crippen LogP contribution in [-0.4, -0.2) is 86.8 Å². The Balaban J connectivity index is 1.73. The standard InChI is InChI=1S/C32H36I2N2O12S4/c1-20(8-6-10-27-31(2,3)23-16-21(51(43,44)45)18-25(33)29(23)35(27)12-14-49(37,38)39)9-7-11-28-32(4,5)24-17-22(52(46,47)48)19-26(34)30(24)36(28)13-15-50(40,41)42/h6-11,16-19H,12-15H2,1-5H3,(H3-,37,38,39,40,41,42,43,44,45,46,47,48)/p+1/i33-4,34-4. The second kappa shape index (κ2) is 14.9. The minimum atomic E-state index is -4.54. The van der Waals surface area contributed by atoms with Crippen LogP contribution in [0.3, 0.4) is 0 Å². The van der Waals surface area contributed by atoms with Crippen LogP contribution in [0, 0.1) is 7.14 Å². The lowest BCUT2D eigenvalue weighted by Gasteiger charge is -2.26. The van der Waals surface area contributed by atoms with Gasteiger partial charge in [0.2, 0.25) is 5.69 Å². The van der Waals surface area contributed by atoms with Crippen molar-refractivity contribution in [2.75, 3.05) is 29.5 Å². The molecule has 2 aliphatic rings. The first-order valence-corrected chi connectivity index (χ1v) is 23.5. The molecule has 4 rings (SSSR count). The van der Waals surface area contributed by atoms with Crippen molar-refractivity contribution in [2.24, 2.45) is 0 Å². The summed E-state index contributed by atoms with van der Waals surface area (Å²) >= 11 is 3.83. The molecular weight excluding hydrogens is 978 g/mol. The van der Waals surface area contributed by atoms with Crippen LogP contribution in [0.25, 0.3) is 0 Å². The van der Waals surface area contributed by atoms with Crippen LogP contribution in [0.5, 0.6) is 0 Å². The monoisotopic (exact) mass is 1010 g/mol. The van der Waals surface area contributed by atoms with Crippen LogP contribution in [0.15, 0.2) is 81.8 Å². The second-order valence-electron chi connectivity index (χ2n) is 13.2. The maximum Gasteiger partial charge on any atom is 0.294 e. The summed E-state index contributed by atoms with van der Waals surface area (Å²) in [6.07, 6.45) is 10.5. The highest BCUT2D eigenvalue weighted by Crippen LogP contribution is 2.50. The van der Waals surface area contributed by atoms with E-state index in [2.05, 4.69) is 0 Å². The molecule has 2 aliphatic heterocycles. The number of hydrogen-bond donors (Lipinski definition) is 4. The lowest BCUT2D eigenvalue weighted by atomic mass is 9.81. The molecule has 2 aromatic carbocycles. The van der Waals surface area contributed by atoms with Crippen molar-refractivity contribution in [1.29, 1.82) is 0 Å². The zero-order valence-electron chi connectivity index (χ0n) is 28.4. The number of hydrogen-bond acceptors (Lipinski definition) is 9. The quantitative estimate of drug-likeness (QED) is 0.0921. The Labute approximate surface area is 331 Å². The SMILES string of the molecule is CC(/C=C/C=C1/N(CCS(=O)(=O)O)c2c([123I])cc(S(=O)(=O)O)cc2C1(C)C)=C\C=C\C1=[N+](CCS(=O)(=O)O)c2c([123I])cc(S(=O)(=O)O)cc2C1(C)C. The molecule has 0 bridgehead atoms. The number of nitrogens with zero attached hydrogens (tertiary/aromatic N) is 2. The van der Waals surface area contributed by atoms with Gasteiger partial charge in [0.05, 0.1) is 30.2 Å². The Bertz CT molecular complexity index is 2450. The number of fused-ring (bicyclic) bond motifs is 2. The summed E-state index contributed by atoms with van der Waals surface area (Å²) in [6.45, 7) is 8.82. The zero-order valence-corrected chi connectivity index (χ0v) is 36.0. The van der Waals surface area contributed by atoms with E-state index in [1.165, 1.54) is 24.3 Å². The third-order valence-corrected chi connectivity index (χ3v) is 13.5. The minimum absolute atomic E-state index is 0.136. The van der Waals surface area contributed by atoms with Gasteiger partial charge in [0.25, 0.3) is 40.5 Å². The third-order valence-electron chi connectivity index (χ3n) is 8.79. The molecule has 0 saturated carbocycles. The summed E-state index contributed by atoms with van der Waals surface area (Å²) in [4.78, 5) is 1.07. The van der Waals surface area contributed by atoms with E-state index in [1.54, 1.807) is 45.9 Å². The van der Waals surface area contributed by atoms with Crippen molar-refractivity contribution >= 4 is 103 Å². The topological polar surface area (TPSA) is 224 Å². The summed E-state index contributed by atoms with van der Waals surface area (Å²) in [7, 11) is -17.8. The van der Waals surface area contributed by atoms with Crippen LogP contribution in [-0.2, 0) is 51.3 Å². The molecule has 0 saturated heterocycles. The highest BCUT2D eigenvalue weighted by atomic mass is 123. The lowest BCUT2D eigenvalue weighted by molar-refractivity contribution is -0.432. The highest BCUT2D eigenvalue weighted by molar-refractivity contribution is 14.1. The largest absolute Gasteiger partial charge is 0.342 e. The van der Waals surface area contributed by atoms with Crippen LogP contribution < -0.4 is 4.90 Å². The molecule has 0 unspecified atom stereocenters. The van der Waals surface area contributed by atoms with Gasteiger partial charge < -0.3 is 4.90 Å². The molecule has 284 valence electrons. The van der Waals surface area contributed by atoms with Gasteiger partial charge in [-0.1, -0.05) is 43.7 Å². The van der Waals surface area contributed by atoms with E-state index in [0.717, 1.165) is 5.57 Å². The predicted octanol–water partition coefficient (Wildman–Crippen LogP) is 5.28. The van der Waals surface area contributed by atoms with E-state index in [-0.39, 0.29) is 22.9 Å². The Morgan fingerprint density at radius 2 is 1.31 bits per heavy atom. The molecule has 0 radical (unpaired) electrons. The van der Waals surface area contributed by atoms with Gasteiger partial charge in [0.15, 0.2) is 12.3 Å². The lowest BCUT2D eigenvalue weighted by Crippen LogP contribution is -2.30. The molecule has 20 heteroatoms. The van der Waals surface area contributed by atoms with E-state index < -0.39 is 62.8 Å². The van der Waals surface area contributed by atoms with Gasteiger partial charge in [-0.15, -0.1) is 0 Å². The van der Waals surface area contributed by atoms with Crippen LogP contribution in [0.2, 0.25) is 0 Å². The fourth-order valence-corrected chi connectivity index (χ4v) is 10.4. The summed E-state index contributed by atoms with van der Waals surface area (Å²) in [5.41, 5.74) is 2.41. The van der Waals surface area contributed by atoms with Gasteiger partial charge in [-0.3, -0.25) is 18.2 Å². The number of rotatable bonds is 12. The molecule has 0 spiro atoms. The third kappa shape index (κ3) is 9.42. The first-order chi connectivity index (χ1) is 23.6. The molecule has 4 N–H and O–H groups in total. The number of halogens is 2. The first-order valence-electron chi connectivity index (χ1n) is 15.3. The van der Waals surface area contributed by atoms with E-state index in [9.17, 15) is 51.9 Å². The van der Waals surface area contributed by atoms with Gasteiger partial charge in [0.1, 0.15) is 5.75 Å². The van der Waals surface area contributed by atoms with Crippen LogP contribution in [0.4, 0.5) is 11.4 Å². The molecule has 14 nitrogen and oxygen atoms in total. The van der Waals surface area contributed by atoms with E-state index >= 15 is 0 Å². The normalized spacial score (nSPS) is 18.6. The molecule has 0 fully saturated rings. The summed E-state index contributed by atoms with van der Waals surface area (Å²) in [5.74, 6) is -1.19. The molecule has 0 aromatic heterocycles. The molecular formula is C32H37I2N2O12S4+. The van der Waals surface area contributed by atoms with Crippen molar-refractivity contribution in [3.05, 3.63) is 90.3 Å². The van der Waals surface area contributed by atoms with E-state index in [0.29, 0.717) is 41.1 Å². The van der Waals surface area contributed by atoms with Gasteiger partial charge in [-0.2, -0.15) is 38.2 Å². The van der Waals surface area contributed by atoms with Crippen LogP contribution in [0.1, 0.15) is 45.7 Å². The Kier molecular flexibility index (Phi) is 12.2. The van der Waals surface area contributed by atoms with Crippen molar-refractivity contribution in [3.8, 4) is 0 Å². The number of allylic oxidation sites excluding steroid dienone is 8. The van der Waals surface area contributed by atoms with Gasteiger partial charge >= 0.3 is 0 Å². The fourth-order valence-electron chi connectivity index (χ4n) is 6.25. The maximum atomic E-state index is 12.0. The summed E-state index contributed by atoms with van der Waals surface area (Å²) < 4.78 is 136. The van der Waals surface area contributed by atoms with Gasteiger partial charge in [-0.05, 0) is 102 Å². The molecule has 2 aromatic rings. The molecule has 0 amide bonds. The van der Waals surface area contributed by atoms with Gasteiger partial charge in [0, 0.05) is 32.9 Å². The summed E-state index contributed by atoms with van der Waals surface area (Å²) in [5, 5.41) is 0. The van der Waals surface area contributed by atoms with Crippen molar-refractivity contribution < 1.29 is 56.5 Å². The molecule has 0 aliphatic carbocycles. The van der Waals surface area contributed by atoms with Crippen molar-refractivity contribution in [1.82, 2.24) is 0 Å². The first kappa shape index (κ1) is 42.7. The van der Waals surface area contributed by atoms with E-state index in [4.69, 9.17) is 0 Å².